The second-order valence-corrected chi connectivity index (χ2v) is 9.60. The van der Waals surface area contributed by atoms with Crippen LogP contribution in [0.2, 0.25) is 0 Å². The SMILES string of the molecule is O=C(NC/C=C\CNC(=O)C1(C2CCCC2)CCNC1=O)c1scc(Br)c1Br. The molecule has 2 fully saturated rings. The normalized spacial score (nSPS) is 22.6. The van der Waals surface area contributed by atoms with Crippen LogP contribution in [-0.2, 0) is 9.59 Å². The summed E-state index contributed by atoms with van der Waals surface area (Å²) in [7, 11) is 0. The first-order valence-electron chi connectivity index (χ1n) is 9.39. The van der Waals surface area contributed by atoms with Gasteiger partial charge in [0.1, 0.15) is 10.3 Å². The van der Waals surface area contributed by atoms with Crippen LogP contribution in [0.3, 0.4) is 0 Å². The Morgan fingerprint density at radius 2 is 1.89 bits per heavy atom. The highest BCUT2D eigenvalue weighted by atomic mass is 79.9. The van der Waals surface area contributed by atoms with E-state index in [1.54, 1.807) is 12.2 Å². The summed E-state index contributed by atoms with van der Waals surface area (Å²) in [5.41, 5.74) is -0.905. The van der Waals surface area contributed by atoms with Crippen molar-refractivity contribution in [3.8, 4) is 0 Å². The number of hydrogen-bond acceptors (Lipinski definition) is 4. The molecule has 1 saturated carbocycles. The molecule has 0 spiro atoms. The third-order valence-electron chi connectivity index (χ3n) is 5.49. The summed E-state index contributed by atoms with van der Waals surface area (Å²) in [4.78, 5) is 38.0. The minimum absolute atomic E-state index is 0.124. The molecule has 1 unspecified atom stereocenters. The fourth-order valence-electron chi connectivity index (χ4n) is 4.04. The van der Waals surface area contributed by atoms with Crippen molar-refractivity contribution in [1.82, 2.24) is 16.0 Å². The van der Waals surface area contributed by atoms with Crippen molar-refractivity contribution in [2.45, 2.75) is 32.1 Å². The third kappa shape index (κ3) is 4.36. The van der Waals surface area contributed by atoms with Gasteiger partial charge in [0, 0.05) is 29.5 Å². The number of amides is 3. The van der Waals surface area contributed by atoms with Crippen molar-refractivity contribution in [2.75, 3.05) is 19.6 Å². The number of hydrogen-bond donors (Lipinski definition) is 3. The molecule has 3 rings (SSSR count). The first kappa shape index (κ1) is 21.5. The van der Waals surface area contributed by atoms with E-state index in [0.29, 0.717) is 30.9 Å². The van der Waals surface area contributed by atoms with Gasteiger partial charge < -0.3 is 16.0 Å². The number of nitrogens with one attached hydrogen (secondary N) is 3. The number of carbonyl (C=O) groups excluding carboxylic acids is 3. The van der Waals surface area contributed by atoms with E-state index in [4.69, 9.17) is 0 Å². The zero-order valence-corrected chi connectivity index (χ0v) is 19.3. The summed E-state index contributed by atoms with van der Waals surface area (Å²) >= 11 is 8.09. The molecule has 3 N–H and O–H groups in total. The Morgan fingerprint density at radius 1 is 1.21 bits per heavy atom. The number of thiophene rings is 1. The van der Waals surface area contributed by atoms with Crippen LogP contribution in [0.1, 0.15) is 41.8 Å². The first-order valence-corrected chi connectivity index (χ1v) is 11.9. The van der Waals surface area contributed by atoms with Crippen molar-refractivity contribution in [3.63, 3.8) is 0 Å². The summed E-state index contributed by atoms with van der Waals surface area (Å²) in [5.74, 6) is -0.308. The van der Waals surface area contributed by atoms with Gasteiger partial charge in [-0.2, -0.15) is 0 Å². The molecule has 1 aromatic rings. The van der Waals surface area contributed by atoms with E-state index in [2.05, 4.69) is 47.8 Å². The van der Waals surface area contributed by atoms with E-state index in [9.17, 15) is 14.4 Å². The maximum Gasteiger partial charge on any atom is 0.262 e. The van der Waals surface area contributed by atoms with Gasteiger partial charge >= 0.3 is 0 Å². The Balaban J connectivity index is 1.47. The van der Waals surface area contributed by atoms with Gasteiger partial charge in [-0.1, -0.05) is 25.0 Å². The summed E-state index contributed by atoms with van der Waals surface area (Å²) in [6, 6.07) is 0. The summed E-state index contributed by atoms with van der Waals surface area (Å²) in [6.45, 7) is 1.27. The van der Waals surface area contributed by atoms with E-state index in [1.165, 1.54) is 11.3 Å². The van der Waals surface area contributed by atoms with E-state index in [-0.39, 0.29) is 23.6 Å². The predicted octanol–water partition coefficient (Wildman–Crippen LogP) is 3.37. The quantitative estimate of drug-likeness (QED) is 0.371. The molecule has 3 amide bonds. The van der Waals surface area contributed by atoms with Crippen molar-refractivity contribution in [1.29, 1.82) is 0 Å². The number of rotatable bonds is 7. The molecule has 1 saturated heterocycles. The molecule has 28 heavy (non-hydrogen) atoms. The molecule has 1 aromatic heterocycles. The molecule has 0 radical (unpaired) electrons. The minimum Gasteiger partial charge on any atom is -0.355 e. The van der Waals surface area contributed by atoms with Crippen LogP contribution >= 0.6 is 43.2 Å². The highest BCUT2D eigenvalue weighted by molar-refractivity contribution is 9.13. The van der Waals surface area contributed by atoms with Gasteiger partial charge in [0.15, 0.2) is 0 Å². The second-order valence-electron chi connectivity index (χ2n) is 7.08. The minimum atomic E-state index is -0.905. The van der Waals surface area contributed by atoms with Gasteiger partial charge in [-0.15, -0.1) is 11.3 Å². The Bertz CT molecular complexity index is 789. The Labute approximate surface area is 185 Å². The maximum absolute atomic E-state index is 12.8. The second kappa shape index (κ2) is 9.54. The molecule has 2 heterocycles. The van der Waals surface area contributed by atoms with Crippen LogP contribution in [-0.4, -0.2) is 37.4 Å². The average Bonchev–Trinajstić information content (AvgIpc) is 3.40. The van der Waals surface area contributed by atoms with Crippen LogP contribution in [0, 0.1) is 11.3 Å². The van der Waals surface area contributed by atoms with Crippen LogP contribution in [0.5, 0.6) is 0 Å². The molecule has 1 atom stereocenters. The lowest BCUT2D eigenvalue weighted by Gasteiger charge is -2.30. The van der Waals surface area contributed by atoms with Gasteiger partial charge in [0.2, 0.25) is 11.8 Å². The Kier molecular flexibility index (Phi) is 7.33. The molecule has 152 valence electrons. The van der Waals surface area contributed by atoms with Crippen LogP contribution in [0.15, 0.2) is 26.5 Å². The lowest BCUT2D eigenvalue weighted by Crippen LogP contribution is -2.50. The smallest absolute Gasteiger partial charge is 0.262 e. The molecule has 0 aromatic carbocycles. The van der Waals surface area contributed by atoms with Crippen molar-refractivity contribution < 1.29 is 14.4 Å². The van der Waals surface area contributed by atoms with Crippen molar-refractivity contribution in [2.24, 2.45) is 11.3 Å². The van der Waals surface area contributed by atoms with Gasteiger partial charge in [-0.05, 0) is 57.0 Å². The molecule has 6 nitrogen and oxygen atoms in total. The zero-order valence-electron chi connectivity index (χ0n) is 15.4. The number of carbonyl (C=O) groups is 3. The fraction of sp³-hybridized carbons (Fsp3) is 0.526. The molecule has 0 bridgehead atoms. The van der Waals surface area contributed by atoms with Crippen LogP contribution < -0.4 is 16.0 Å². The number of halogens is 2. The standard InChI is InChI=1S/C19H23Br2N3O3S/c20-13-11-28-15(14(13)21)16(25)22-8-3-4-9-23-17(26)19(7-10-24-18(19)27)12-5-1-2-6-12/h3-4,11-12H,1-2,5-10H2,(H,22,25)(H,23,26)(H,24,27)/b4-3-. The molecule has 1 aliphatic heterocycles. The van der Waals surface area contributed by atoms with E-state index >= 15 is 0 Å². The van der Waals surface area contributed by atoms with Crippen LogP contribution in [0.4, 0.5) is 0 Å². The lowest BCUT2D eigenvalue weighted by atomic mass is 9.72. The third-order valence-corrected chi connectivity index (χ3v) is 9.02. The molecule has 2 aliphatic rings. The maximum atomic E-state index is 12.8. The Hall–Kier alpha value is -1.19. The van der Waals surface area contributed by atoms with Crippen molar-refractivity contribution in [3.05, 3.63) is 31.4 Å². The fourth-order valence-corrected chi connectivity index (χ4v) is 6.11. The van der Waals surface area contributed by atoms with Crippen LogP contribution in [0.25, 0.3) is 0 Å². The highest BCUT2D eigenvalue weighted by Gasteiger charge is 2.54. The molecule has 9 heteroatoms. The Morgan fingerprint density at radius 3 is 2.46 bits per heavy atom. The summed E-state index contributed by atoms with van der Waals surface area (Å²) in [5, 5.41) is 10.4. The summed E-state index contributed by atoms with van der Waals surface area (Å²) < 4.78 is 1.60. The average molecular weight is 533 g/mol. The van der Waals surface area contributed by atoms with Crippen molar-refractivity contribution >= 4 is 60.9 Å². The van der Waals surface area contributed by atoms with E-state index in [1.807, 2.05) is 5.38 Å². The first-order chi connectivity index (χ1) is 13.5. The largest absolute Gasteiger partial charge is 0.355 e. The summed E-state index contributed by atoms with van der Waals surface area (Å²) in [6.07, 6.45) is 8.23. The zero-order chi connectivity index (χ0) is 20.1. The molecular formula is C19H23Br2N3O3S. The lowest BCUT2D eigenvalue weighted by molar-refractivity contribution is -0.144. The van der Waals surface area contributed by atoms with E-state index in [0.717, 1.165) is 34.6 Å². The molecular weight excluding hydrogens is 510 g/mol. The van der Waals surface area contributed by atoms with Gasteiger partial charge in [0.05, 0.1) is 4.47 Å². The van der Waals surface area contributed by atoms with Gasteiger partial charge in [0.25, 0.3) is 5.91 Å². The topological polar surface area (TPSA) is 87.3 Å². The monoisotopic (exact) mass is 531 g/mol. The molecule has 1 aliphatic carbocycles. The van der Waals surface area contributed by atoms with Gasteiger partial charge in [-0.25, -0.2) is 0 Å². The van der Waals surface area contributed by atoms with E-state index < -0.39 is 5.41 Å². The van der Waals surface area contributed by atoms with Gasteiger partial charge in [-0.3, -0.25) is 14.4 Å². The predicted molar refractivity (Wildman–Crippen MR) is 116 cm³/mol. The highest BCUT2D eigenvalue weighted by Crippen LogP contribution is 2.44.